The van der Waals surface area contributed by atoms with Gasteiger partial charge in [0.1, 0.15) is 11.4 Å². The van der Waals surface area contributed by atoms with E-state index in [9.17, 15) is 9.59 Å². The van der Waals surface area contributed by atoms with Crippen LogP contribution in [-0.4, -0.2) is 21.7 Å². The quantitative estimate of drug-likeness (QED) is 0.326. The average molecular weight is 439 g/mol. The van der Waals surface area contributed by atoms with E-state index >= 15 is 0 Å². The van der Waals surface area contributed by atoms with Crippen molar-refractivity contribution >= 4 is 44.4 Å². The van der Waals surface area contributed by atoms with Crippen LogP contribution in [0.5, 0.6) is 0 Å². The minimum absolute atomic E-state index is 0.162. The molecule has 0 unspecified atom stereocenters. The van der Waals surface area contributed by atoms with Crippen LogP contribution in [0.1, 0.15) is 5.56 Å². The molecule has 2 aromatic heterocycles. The van der Waals surface area contributed by atoms with Crippen LogP contribution in [0, 0.1) is 0 Å². The fraction of sp³-hybridized carbons (Fsp3) is 0.0400. The Morgan fingerprint density at radius 2 is 1.78 bits per heavy atom. The van der Waals surface area contributed by atoms with Gasteiger partial charge in [-0.2, -0.15) is 5.10 Å². The van der Waals surface area contributed by atoms with Gasteiger partial charge in [0, 0.05) is 10.4 Å². The number of rotatable bonds is 5. The first kappa shape index (κ1) is 19.8. The third-order valence-corrected chi connectivity index (χ3v) is 6.20. The molecule has 5 rings (SSSR count). The number of fused-ring (bicyclic) bond motifs is 2. The molecular formula is C25H18N4O2S. The Kier molecular flexibility index (Phi) is 5.31. The van der Waals surface area contributed by atoms with Crippen molar-refractivity contribution in [3.63, 3.8) is 0 Å². The summed E-state index contributed by atoms with van der Waals surface area (Å²) in [7, 11) is 0. The van der Waals surface area contributed by atoms with Crippen molar-refractivity contribution in [2.75, 3.05) is 0 Å². The van der Waals surface area contributed by atoms with Crippen LogP contribution in [-0.2, 0) is 11.3 Å². The average Bonchev–Trinajstić information content (AvgIpc) is 3.27. The minimum Gasteiger partial charge on any atom is -0.289 e. The van der Waals surface area contributed by atoms with Gasteiger partial charge in [0.25, 0.3) is 11.5 Å². The fourth-order valence-corrected chi connectivity index (χ4v) is 4.54. The highest BCUT2D eigenvalue weighted by molar-refractivity contribution is 7.21. The fourth-order valence-electron chi connectivity index (χ4n) is 3.54. The summed E-state index contributed by atoms with van der Waals surface area (Å²) in [6.07, 6.45) is 3.01. The van der Waals surface area contributed by atoms with Crippen molar-refractivity contribution in [1.82, 2.24) is 15.0 Å². The largest absolute Gasteiger partial charge is 0.289 e. The van der Waals surface area contributed by atoms with Crippen LogP contribution in [0.25, 0.3) is 31.4 Å². The molecule has 6 nitrogen and oxygen atoms in total. The highest BCUT2D eigenvalue weighted by atomic mass is 32.1. The van der Waals surface area contributed by atoms with Crippen molar-refractivity contribution in [3.8, 4) is 10.4 Å². The van der Waals surface area contributed by atoms with Gasteiger partial charge >= 0.3 is 0 Å². The topological polar surface area (TPSA) is 76.3 Å². The van der Waals surface area contributed by atoms with E-state index in [1.54, 1.807) is 6.21 Å². The summed E-state index contributed by atoms with van der Waals surface area (Å²) >= 11 is 1.46. The number of carbonyl (C=O) groups excluding carboxylic acids is 1. The summed E-state index contributed by atoms with van der Waals surface area (Å²) in [6.45, 7) is -0.162. The third-order valence-electron chi connectivity index (χ3n) is 5.11. The number of benzene rings is 3. The van der Waals surface area contributed by atoms with Gasteiger partial charge < -0.3 is 0 Å². The van der Waals surface area contributed by atoms with Gasteiger partial charge in [-0.25, -0.2) is 10.4 Å². The van der Waals surface area contributed by atoms with E-state index in [0.29, 0.717) is 10.2 Å². The number of hydrogen-bond acceptors (Lipinski definition) is 5. The van der Waals surface area contributed by atoms with Gasteiger partial charge in [-0.1, -0.05) is 72.8 Å². The van der Waals surface area contributed by atoms with Crippen LogP contribution < -0.4 is 11.0 Å². The maximum atomic E-state index is 12.9. The van der Waals surface area contributed by atoms with Crippen molar-refractivity contribution in [2.45, 2.75) is 6.54 Å². The second-order valence-corrected chi connectivity index (χ2v) is 8.27. The smallest absolute Gasteiger partial charge is 0.262 e. The van der Waals surface area contributed by atoms with Crippen LogP contribution in [0.3, 0.4) is 0 Å². The molecule has 2 heterocycles. The Bertz CT molecular complexity index is 1510. The predicted octanol–water partition coefficient (Wildman–Crippen LogP) is 4.43. The third kappa shape index (κ3) is 3.93. The number of carbonyl (C=O) groups is 1. The molecule has 3 aromatic carbocycles. The van der Waals surface area contributed by atoms with Crippen molar-refractivity contribution in [1.29, 1.82) is 0 Å². The summed E-state index contributed by atoms with van der Waals surface area (Å²) < 4.78 is 1.30. The maximum absolute atomic E-state index is 12.9. The lowest BCUT2D eigenvalue weighted by Crippen LogP contribution is -2.29. The van der Waals surface area contributed by atoms with Crippen molar-refractivity contribution in [2.24, 2.45) is 5.10 Å². The molecular weight excluding hydrogens is 420 g/mol. The predicted molar refractivity (Wildman–Crippen MR) is 129 cm³/mol. The number of thiophene rings is 1. The summed E-state index contributed by atoms with van der Waals surface area (Å²) in [5.41, 5.74) is 4.18. The molecule has 0 aliphatic rings. The molecule has 156 valence electrons. The number of amides is 1. The van der Waals surface area contributed by atoms with E-state index < -0.39 is 5.91 Å². The van der Waals surface area contributed by atoms with Gasteiger partial charge in [0.15, 0.2) is 0 Å². The molecule has 0 spiro atoms. The van der Waals surface area contributed by atoms with E-state index in [1.165, 1.54) is 22.2 Å². The zero-order chi connectivity index (χ0) is 21.9. The SMILES string of the molecule is O=C(Cn1cnc2sc(-c3ccccc3)cc2c1=O)N/N=C\c1cccc2ccccc12. The molecule has 0 saturated heterocycles. The van der Waals surface area contributed by atoms with Gasteiger partial charge in [-0.05, 0) is 22.4 Å². The van der Waals surface area contributed by atoms with E-state index in [-0.39, 0.29) is 12.1 Å². The molecule has 0 fully saturated rings. The summed E-state index contributed by atoms with van der Waals surface area (Å²) in [4.78, 5) is 31.2. The lowest BCUT2D eigenvalue weighted by Gasteiger charge is -2.04. The number of aromatic nitrogens is 2. The van der Waals surface area contributed by atoms with Crippen molar-refractivity contribution in [3.05, 3.63) is 101 Å². The maximum Gasteiger partial charge on any atom is 0.262 e. The van der Waals surface area contributed by atoms with Gasteiger partial charge in [0.05, 0.1) is 17.9 Å². The number of hydrogen-bond donors (Lipinski definition) is 1. The number of nitrogens with one attached hydrogen (secondary N) is 1. The first-order valence-corrected chi connectivity index (χ1v) is 10.8. The Morgan fingerprint density at radius 1 is 1.00 bits per heavy atom. The first-order chi connectivity index (χ1) is 15.7. The number of hydrazone groups is 1. The molecule has 5 aromatic rings. The second kappa shape index (κ2) is 8.56. The van der Waals surface area contributed by atoms with Crippen LogP contribution in [0.4, 0.5) is 0 Å². The Labute approximate surface area is 187 Å². The molecule has 0 aliphatic heterocycles. The molecule has 0 saturated carbocycles. The van der Waals surface area contributed by atoms with Gasteiger partial charge in [-0.3, -0.25) is 14.2 Å². The molecule has 7 heteroatoms. The standard InChI is InChI=1S/C25H18N4O2S/c30-23(28-27-14-19-11-6-10-17-7-4-5-12-20(17)19)15-29-16-26-24-21(25(29)31)13-22(32-24)18-8-2-1-3-9-18/h1-14,16H,15H2,(H,28,30)/b27-14-. The lowest BCUT2D eigenvalue weighted by molar-refractivity contribution is -0.121. The summed E-state index contributed by atoms with van der Waals surface area (Å²) in [5, 5.41) is 6.71. The molecule has 0 bridgehead atoms. The molecule has 0 aliphatic carbocycles. The second-order valence-electron chi connectivity index (χ2n) is 7.23. The van der Waals surface area contributed by atoms with E-state index in [1.807, 2.05) is 78.9 Å². The molecule has 0 radical (unpaired) electrons. The monoisotopic (exact) mass is 438 g/mol. The Morgan fingerprint density at radius 3 is 2.66 bits per heavy atom. The highest BCUT2D eigenvalue weighted by Crippen LogP contribution is 2.30. The van der Waals surface area contributed by atoms with Gasteiger partial charge in [0.2, 0.25) is 0 Å². The van der Waals surface area contributed by atoms with Crippen LogP contribution in [0.15, 0.2) is 95.1 Å². The van der Waals surface area contributed by atoms with Crippen LogP contribution >= 0.6 is 11.3 Å². The normalized spacial score (nSPS) is 11.4. The Hall–Kier alpha value is -4.10. The summed E-state index contributed by atoms with van der Waals surface area (Å²) in [5.74, 6) is -0.400. The molecule has 0 atom stereocenters. The van der Waals surface area contributed by atoms with Crippen molar-refractivity contribution < 1.29 is 4.79 Å². The summed E-state index contributed by atoms with van der Waals surface area (Å²) in [6, 6.07) is 25.5. The first-order valence-electron chi connectivity index (χ1n) is 10.0. The van der Waals surface area contributed by atoms with E-state index in [0.717, 1.165) is 26.8 Å². The minimum atomic E-state index is -0.400. The van der Waals surface area contributed by atoms with Gasteiger partial charge in [-0.15, -0.1) is 11.3 Å². The lowest BCUT2D eigenvalue weighted by atomic mass is 10.1. The Balaban J connectivity index is 1.33. The number of nitrogens with zero attached hydrogens (tertiary/aromatic N) is 3. The van der Waals surface area contributed by atoms with E-state index in [4.69, 9.17) is 0 Å². The molecule has 32 heavy (non-hydrogen) atoms. The molecule has 1 N–H and O–H groups in total. The van der Waals surface area contributed by atoms with E-state index in [2.05, 4.69) is 15.5 Å². The highest BCUT2D eigenvalue weighted by Gasteiger charge is 2.12. The molecule has 1 amide bonds. The van der Waals surface area contributed by atoms with Crippen LogP contribution in [0.2, 0.25) is 0 Å². The zero-order valence-electron chi connectivity index (χ0n) is 16.9. The zero-order valence-corrected chi connectivity index (χ0v) is 17.8.